The first-order valence-corrected chi connectivity index (χ1v) is 10.3. The Kier molecular flexibility index (Phi) is 9.09. The normalized spacial score (nSPS) is 16.2. The first kappa shape index (κ1) is 23.0. The molecule has 7 nitrogen and oxygen atoms in total. The Bertz CT molecular complexity index is 680. The lowest BCUT2D eigenvalue weighted by Gasteiger charge is -2.16. The van der Waals surface area contributed by atoms with Crippen LogP contribution in [-0.2, 0) is 10.0 Å². The maximum atomic E-state index is 12.2. The number of sulfonamides is 1. The summed E-state index contributed by atoms with van der Waals surface area (Å²) in [5, 5.41) is 6.25. The van der Waals surface area contributed by atoms with Gasteiger partial charge in [-0.3, -0.25) is 4.79 Å². The number of nitrogens with one attached hydrogen (secondary N) is 2. The largest absolute Gasteiger partial charge is 0.455 e. The van der Waals surface area contributed by atoms with Crippen molar-refractivity contribution in [1.82, 2.24) is 14.9 Å². The van der Waals surface area contributed by atoms with Gasteiger partial charge in [-0.05, 0) is 19.8 Å². The van der Waals surface area contributed by atoms with Gasteiger partial charge in [-0.15, -0.1) is 12.4 Å². The molecule has 1 aliphatic rings. The van der Waals surface area contributed by atoms with E-state index in [2.05, 4.69) is 10.6 Å². The maximum absolute atomic E-state index is 12.2. The molecule has 0 saturated heterocycles. The van der Waals surface area contributed by atoms with Crippen LogP contribution in [0.1, 0.15) is 54.8 Å². The predicted molar refractivity (Wildman–Crippen MR) is 103 cm³/mol. The average Bonchev–Trinajstić information content (AvgIpc) is 2.79. The minimum absolute atomic E-state index is 0. The predicted octanol–water partition coefficient (Wildman–Crippen LogP) is 2.30. The summed E-state index contributed by atoms with van der Waals surface area (Å²) >= 11 is 0. The van der Waals surface area contributed by atoms with E-state index in [-0.39, 0.29) is 28.8 Å². The molecule has 1 aliphatic carbocycles. The third-order valence-electron chi connectivity index (χ3n) is 4.55. The van der Waals surface area contributed by atoms with Gasteiger partial charge in [0.15, 0.2) is 5.76 Å². The van der Waals surface area contributed by atoms with Crippen molar-refractivity contribution in [3.63, 3.8) is 0 Å². The topological polar surface area (TPSA) is 91.6 Å². The van der Waals surface area contributed by atoms with Crippen molar-refractivity contribution in [3.8, 4) is 0 Å². The SMILES string of the molecule is Cc1oc(C(=O)NCCNC2CCCCCC2)cc1S(=O)(=O)N(C)C.Cl. The van der Waals surface area contributed by atoms with E-state index in [0.717, 1.165) is 4.31 Å². The van der Waals surface area contributed by atoms with Crippen LogP contribution < -0.4 is 10.6 Å². The zero-order valence-electron chi connectivity index (χ0n) is 15.7. The van der Waals surface area contributed by atoms with Crippen molar-refractivity contribution in [2.75, 3.05) is 27.2 Å². The van der Waals surface area contributed by atoms with E-state index in [9.17, 15) is 13.2 Å². The van der Waals surface area contributed by atoms with Crippen LogP contribution in [0, 0.1) is 6.92 Å². The van der Waals surface area contributed by atoms with Crippen LogP contribution in [-0.4, -0.2) is 51.9 Å². The molecule has 1 amide bonds. The summed E-state index contributed by atoms with van der Waals surface area (Å²) in [5.41, 5.74) is 0. The van der Waals surface area contributed by atoms with Crippen molar-refractivity contribution >= 4 is 28.3 Å². The van der Waals surface area contributed by atoms with E-state index in [0.29, 0.717) is 19.1 Å². The molecular weight excluding hydrogens is 378 g/mol. The van der Waals surface area contributed by atoms with Gasteiger partial charge in [-0.25, -0.2) is 12.7 Å². The Balaban J connectivity index is 0.00000338. The minimum atomic E-state index is -3.62. The van der Waals surface area contributed by atoms with Crippen LogP contribution in [0.25, 0.3) is 0 Å². The molecule has 9 heteroatoms. The number of aryl methyl sites for hydroxylation is 1. The fourth-order valence-electron chi connectivity index (χ4n) is 3.05. The van der Waals surface area contributed by atoms with Gasteiger partial charge in [0.2, 0.25) is 10.0 Å². The number of hydrogen-bond acceptors (Lipinski definition) is 5. The highest BCUT2D eigenvalue weighted by molar-refractivity contribution is 7.89. The standard InChI is InChI=1S/C17H29N3O4S.ClH/c1-13-16(25(22,23)20(2)3)12-15(24-13)17(21)19-11-10-18-14-8-6-4-5-7-9-14;/h12,14,18H,4-11H2,1-3H3,(H,19,21);1H. The fourth-order valence-corrected chi connectivity index (χ4v) is 4.11. The van der Waals surface area contributed by atoms with Crippen molar-refractivity contribution in [2.24, 2.45) is 0 Å². The molecule has 1 heterocycles. The molecule has 1 aromatic heterocycles. The molecular formula is C17H30ClN3O4S. The minimum Gasteiger partial charge on any atom is -0.455 e. The lowest BCUT2D eigenvalue weighted by molar-refractivity contribution is 0.0924. The molecule has 1 fully saturated rings. The summed E-state index contributed by atoms with van der Waals surface area (Å²) in [4.78, 5) is 12.2. The molecule has 2 rings (SSSR count). The molecule has 0 aliphatic heterocycles. The Morgan fingerprint density at radius 3 is 2.38 bits per heavy atom. The third kappa shape index (κ3) is 5.97. The molecule has 1 aromatic rings. The summed E-state index contributed by atoms with van der Waals surface area (Å²) in [6, 6.07) is 1.82. The molecule has 0 bridgehead atoms. The van der Waals surface area contributed by atoms with Crippen LogP contribution in [0.4, 0.5) is 0 Å². The van der Waals surface area contributed by atoms with Gasteiger partial charge in [-0.2, -0.15) is 0 Å². The van der Waals surface area contributed by atoms with E-state index in [1.807, 2.05) is 0 Å². The fraction of sp³-hybridized carbons (Fsp3) is 0.706. The number of carbonyl (C=O) groups is 1. The van der Waals surface area contributed by atoms with E-state index >= 15 is 0 Å². The first-order chi connectivity index (χ1) is 11.8. The van der Waals surface area contributed by atoms with Crippen LogP contribution in [0.15, 0.2) is 15.4 Å². The smallest absolute Gasteiger partial charge is 0.287 e. The van der Waals surface area contributed by atoms with Gasteiger partial charge < -0.3 is 15.1 Å². The van der Waals surface area contributed by atoms with Gasteiger partial charge in [0.05, 0.1) is 0 Å². The van der Waals surface area contributed by atoms with Gasteiger partial charge in [0.25, 0.3) is 5.91 Å². The quantitative estimate of drug-likeness (QED) is 0.534. The molecule has 0 atom stereocenters. The van der Waals surface area contributed by atoms with Crippen LogP contribution in [0.2, 0.25) is 0 Å². The number of halogens is 1. The second-order valence-electron chi connectivity index (χ2n) is 6.72. The van der Waals surface area contributed by atoms with E-state index < -0.39 is 15.9 Å². The molecule has 1 saturated carbocycles. The first-order valence-electron chi connectivity index (χ1n) is 8.87. The monoisotopic (exact) mass is 407 g/mol. The van der Waals surface area contributed by atoms with Gasteiger partial charge in [-0.1, -0.05) is 25.7 Å². The molecule has 0 aromatic carbocycles. The number of furan rings is 1. The van der Waals surface area contributed by atoms with Crippen LogP contribution in [0.5, 0.6) is 0 Å². The Morgan fingerprint density at radius 2 is 1.81 bits per heavy atom. The van der Waals surface area contributed by atoms with Crippen molar-refractivity contribution in [3.05, 3.63) is 17.6 Å². The van der Waals surface area contributed by atoms with E-state index in [4.69, 9.17) is 4.42 Å². The van der Waals surface area contributed by atoms with E-state index in [1.165, 1.54) is 58.7 Å². The second-order valence-corrected chi connectivity index (χ2v) is 8.84. The average molecular weight is 408 g/mol. The summed E-state index contributed by atoms with van der Waals surface area (Å²) < 4.78 is 30.8. The Morgan fingerprint density at radius 1 is 1.19 bits per heavy atom. The number of nitrogens with zero attached hydrogens (tertiary/aromatic N) is 1. The number of rotatable bonds is 7. The van der Waals surface area contributed by atoms with E-state index in [1.54, 1.807) is 6.92 Å². The number of carbonyl (C=O) groups excluding carboxylic acids is 1. The molecule has 0 spiro atoms. The highest BCUT2D eigenvalue weighted by Gasteiger charge is 2.25. The molecule has 2 N–H and O–H groups in total. The van der Waals surface area contributed by atoms with Crippen LogP contribution >= 0.6 is 12.4 Å². The summed E-state index contributed by atoms with van der Waals surface area (Å²) in [6.07, 6.45) is 7.53. The zero-order valence-corrected chi connectivity index (χ0v) is 17.3. The van der Waals surface area contributed by atoms with Gasteiger partial charge >= 0.3 is 0 Å². The summed E-state index contributed by atoms with van der Waals surface area (Å²) in [7, 11) is -0.726. The molecule has 0 radical (unpaired) electrons. The molecule has 150 valence electrons. The molecule has 0 unspecified atom stereocenters. The van der Waals surface area contributed by atoms with Crippen molar-refractivity contribution < 1.29 is 17.6 Å². The number of amides is 1. The lowest BCUT2D eigenvalue weighted by Crippen LogP contribution is -2.36. The Hall–Kier alpha value is -1.09. The number of hydrogen-bond donors (Lipinski definition) is 2. The van der Waals surface area contributed by atoms with Crippen molar-refractivity contribution in [1.29, 1.82) is 0 Å². The summed E-state index contributed by atoms with van der Waals surface area (Å²) in [5.74, 6) is -0.159. The third-order valence-corrected chi connectivity index (χ3v) is 6.48. The maximum Gasteiger partial charge on any atom is 0.287 e. The zero-order chi connectivity index (χ0) is 18.4. The van der Waals surface area contributed by atoms with Gasteiger partial charge in [0.1, 0.15) is 10.7 Å². The highest BCUT2D eigenvalue weighted by atomic mass is 35.5. The molecule has 26 heavy (non-hydrogen) atoms. The van der Waals surface area contributed by atoms with Crippen molar-refractivity contribution in [2.45, 2.75) is 56.4 Å². The Labute approximate surface area is 162 Å². The highest BCUT2D eigenvalue weighted by Crippen LogP contribution is 2.22. The van der Waals surface area contributed by atoms with Crippen LogP contribution in [0.3, 0.4) is 0 Å². The lowest BCUT2D eigenvalue weighted by atomic mass is 10.1. The summed E-state index contributed by atoms with van der Waals surface area (Å²) in [6.45, 7) is 2.71. The second kappa shape index (κ2) is 10.3. The van der Waals surface area contributed by atoms with Gasteiger partial charge in [0, 0.05) is 39.3 Å².